The lowest BCUT2D eigenvalue weighted by Crippen LogP contribution is -2.61. The normalized spacial score (nSPS) is 23.8. The highest BCUT2D eigenvalue weighted by atomic mass is 19.4. The Morgan fingerprint density at radius 2 is 1.64 bits per heavy atom. The maximum Gasteiger partial charge on any atom is 0.404 e. The second kappa shape index (κ2) is 14.3. The largest absolute Gasteiger partial charge is 0.404 e. The molecule has 4 aliphatic rings. The predicted octanol–water partition coefficient (Wildman–Crippen LogP) is 9.14. The molecule has 7 rings (SSSR count). The first-order valence-corrected chi connectivity index (χ1v) is 18.9. The smallest absolute Gasteiger partial charge is 0.345 e. The molecule has 1 spiro atoms. The molecule has 50 heavy (non-hydrogen) atoms. The number of amides is 1. The number of benzene rings is 2. The summed E-state index contributed by atoms with van der Waals surface area (Å²) in [5, 5.41) is 15.2. The van der Waals surface area contributed by atoms with Crippen molar-refractivity contribution < 1.29 is 22.4 Å². The zero-order valence-electron chi connectivity index (χ0n) is 29.1. The Balaban J connectivity index is 1.22. The molecular weight excluding hydrogens is 642 g/mol. The number of carbonyl (C=O) groups excluding carboxylic acids is 1. The molecule has 6 nitrogen and oxygen atoms in total. The molecule has 1 aliphatic heterocycles. The lowest BCUT2D eigenvalue weighted by Gasteiger charge is -2.47. The minimum atomic E-state index is -4.46. The standard InChI is InChI=1S/C40H51F4N5O/c1-26-21-29(11-14-34(26)41)35(28-9-10-28)46-37(50)31-23-27(25-48-19-20-49(38(48)45)32-12-13-32)22-30(24-31)33-15-18-39(47-36(33)40(42,43)44)16-7-5-3-2-4-6-8-17-39/h11,14,19-24,28,32-33,35-36,45,47H,2-10,12-13,15-18,25H2,1H3,(H,46,50)/t33?,35-,36?/m0/s1. The van der Waals surface area contributed by atoms with E-state index in [1.54, 1.807) is 35.8 Å². The van der Waals surface area contributed by atoms with Gasteiger partial charge in [-0.25, -0.2) is 4.39 Å². The summed E-state index contributed by atoms with van der Waals surface area (Å²) < 4.78 is 63.2. The van der Waals surface area contributed by atoms with Crippen LogP contribution < -0.4 is 16.3 Å². The van der Waals surface area contributed by atoms with Gasteiger partial charge in [0, 0.05) is 35.5 Å². The quantitative estimate of drug-likeness (QED) is 0.206. The molecule has 3 saturated carbocycles. The van der Waals surface area contributed by atoms with Crippen LogP contribution in [0.4, 0.5) is 17.6 Å². The first kappa shape index (κ1) is 35.0. The molecule has 1 aromatic heterocycles. The van der Waals surface area contributed by atoms with Crippen molar-refractivity contribution in [1.29, 1.82) is 5.41 Å². The summed E-state index contributed by atoms with van der Waals surface area (Å²) in [6.45, 7) is 1.98. The van der Waals surface area contributed by atoms with Crippen LogP contribution in [0.5, 0.6) is 0 Å². The number of aryl methyl sites for hydroxylation is 1. The van der Waals surface area contributed by atoms with E-state index in [0.717, 1.165) is 82.6 Å². The average Bonchev–Trinajstić information content (AvgIpc) is 4.03. The molecule has 270 valence electrons. The van der Waals surface area contributed by atoms with Gasteiger partial charge in [-0.05, 0) is 105 Å². The molecule has 10 heteroatoms. The predicted molar refractivity (Wildman–Crippen MR) is 185 cm³/mol. The summed E-state index contributed by atoms with van der Waals surface area (Å²) in [6, 6.07) is 8.45. The Morgan fingerprint density at radius 1 is 0.940 bits per heavy atom. The number of imidazole rings is 1. The van der Waals surface area contributed by atoms with Crippen molar-refractivity contribution in [2.75, 3.05) is 0 Å². The van der Waals surface area contributed by atoms with E-state index in [4.69, 9.17) is 5.41 Å². The number of hydrogen-bond donors (Lipinski definition) is 3. The van der Waals surface area contributed by atoms with Crippen molar-refractivity contribution in [3.05, 3.63) is 88.0 Å². The highest BCUT2D eigenvalue weighted by Crippen LogP contribution is 2.45. The van der Waals surface area contributed by atoms with Crippen LogP contribution in [0.25, 0.3) is 0 Å². The van der Waals surface area contributed by atoms with Crippen molar-refractivity contribution in [2.45, 2.75) is 146 Å². The van der Waals surface area contributed by atoms with E-state index in [1.807, 2.05) is 23.0 Å². The van der Waals surface area contributed by atoms with Crippen molar-refractivity contribution >= 4 is 5.91 Å². The van der Waals surface area contributed by atoms with E-state index < -0.39 is 23.7 Å². The minimum absolute atomic E-state index is 0.223. The van der Waals surface area contributed by atoms with Gasteiger partial charge in [0.05, 0.1) is 12.6 Å². The van der Waals surface area contributed by atoms with Gasteiger partial charge in [-0.2, -0.15) is 13.2 Å². The van der Waals surface area contributed by atoms with Crippen LogP contribution in [0.2, 0.25) is 0 Å². The number of carbonyl (C=O) groups is 1. The molecule has 2 aromatic carbocycles. The Bertz CT molecular complexity index is 1730. The molecular formula is C40H51F4N5O. The van der Waals surface area contributed by atoms with Crippen LogP contribution in [-0.2, 0) is 6.54 Å². The van der Waals surface area contributed by atoms with E-state index in [-0.39, 0.29) is 30.2 Å². The second-order valence-corrected chi connectivity index (χ2v) is 15.7. The van der Waals surface area contributed by atoms with E-state index >= 15 is 13.2 Å². The third kappa shape index (κ3) is 7.90. The fourth-order valence-electron chi connectivity index (χ4n) is 8.66. The van der Waals surface area contributed by atoms with Crippen LogP contribution >= 0.6 is 0 Å². The summed E-state index contributed by atoms with van der Waals surface area (Å²) in [6.07, 6.45) is 13.3. The maximum absolute atomic E-state index is 15.1. The number of halogens is 4. The molecule has 3 aromatic rings. The van der Waals surface area contributed by atoms with Crippen LogP contribution in [-0.4, -0.2) is 32.8 Å². The van der Waals surface area contributed by atoms with E-state index in [0.29, 0.717) is 46.8 Å². The van der Waals surface area contributed by atoms with E-state index in [1.165, 1.54) is 12.5 Å². The van der Waals surface area contributed by atoms with Gasteiger partial charge in [0.1, 0.15) is 11.9 Å². The third-order valence-electron chi connectivity index (χ3n) is 11.8. The first-order chi connectivity index (χ1) is 24.0. The fourth-order valence-corrected chi connectivity index (χ4v) is 8.66. The summed E-state index contributed by atoms with van der Waals surface area (Å²) in [5.74, 6) is -1.28. The molecule has 3 N–H and O–H groups in total. The number of piperidine rings is 1. The summed E-state index contributed by atoms with van der Waals surface area (Å²) >= 11 is 0. The van der Waals surface area contributed by atoms with Crippen molar-refractivity contribution in [1.82, 2.24) is 19.8 Å². The van der Waals surface area contributed by atoms with Crippen molar-refractivity contribution in [3.8, 4) is 0 Å². The first-order valence-electron chi connectivity index (χ1n) is 18.9. The van der Waals surface area contributed by atoms with Crippen molar-refractivity contribution in [3.63, 3.8) is 0 Å². The maximum atomic E-state index is 15.1. The van der Waals surface area contributed by atoms with E-state index in [2.05, 4.69) is 10.6 Å². The Kier molecular flexibility index (Phi) is 10.0. The monoisotopic (exact) mass is 693 g/mol. The molecule has 1 saturated heterocycles. The van der Waals surface area contributed by atoms with Gasteiger partial charge in [0.15, 0.2) is 0 Å². The van der Waals surface area contributed by atoms with Crippen LogP contribution in [0.15, 0.2) is 48.8 Å². The fraction of sp³-hybridized carbons (Fsp3) is 0.600. The van der Waals surface area contributed by atoms with Gasteiger partial charge >= 0.3 is 6.18 Å². The van der Waals surface area contributed by atoms with Crippen LogP contribution in [0, 0.1) is 24.1 Å². The Labute approximate surface area is 292 Å². The van der Waals surface area contributed by atoms with Crippen LogP contribution in [0.1, 0.15) is 147 Å². The second-order valence-electron chi connectivity index (χ2n) is 15.7. The Hall–Kier alpha value is -3.40. The molecule has 4 fully saturated rings. The van der Waals surface area contributed by atoms with Crippen molar-refractivity contribution in [2.24, 2.45) is 5.92 Å². The highest BCUT2D eigenvalue weighted by Gasteiger charge is 2.52. The number of hydrogen-bond acceptors (Lipinski definition) is 3. The topological polar surface area (TPSA) is 74.8 Å². The van der Waals surface area contributed by atoms with Gasteiger partial charge in [-0.15, -0.1) is 0 Å². The Morgan fingerprint density at radius 3 is 2.28 bits per heavy atom. The minimum Gasteiger partial charge on any atom is -0.345 e. The molecule has 3 atom stereocenters. The molecule has 1 amide bonds. The lowest BCUT2D eigenvalue weighted by atomic mass is 9.72. The molecule has 2 heterocycles. The lowest BCUT2D eigenvalue weighted by molar-refractivity contribution is -0.174. The number of nitrogens with one attached hydrogen (secondary N) is 3. The summed E-state index contributed by atoms with van der Waals surface area (Å²) in [5.41, 5.74) is 2.66. The zero-order valence-corrected chi connectivity index (χ0v) is 29.1. The SMILES string of the molecule is Cc1cc([C@@H](NC(=O)c2cc(Cn3ccn(C4CC4)c3=N)cc(C3CCC4(CCCCCCCCC4)NC3C(F)(F)F)c2)C2CC2)ccc1F. The number of nitrogens with zero attached hydrogens (tertiary/aromatic N) is 2. The van der Waals surface area contributed by atoms with Gasteiger partial charge in [0.25, 0.3) is 5.91 Å². The number of rotatable bonds is 8. The third-order valence-corrected chi connectivity index (χ3v) is 11.8. The number of aromatic nitrogens is 2. The molecule has 0 radical (unpaired) electrons. The zero-order chi connectivity index (χ0) is 35.0. The van der Waals surface area contributed by atoms with Gasteiger partial charge in [0.2, 0.25) is 5.62 Å². The molecule has 2 unspecified atom stereocenters. The molecule has 0 bridgehead atoms. The number of alkyl halides is 3. The summed E-state index contributed by atoms with van der Waals surface area (Å²) in [4.78, 5) is 14.1. The van der Waals surface area contributed by atoms with Gasteiger partial charge in [-0.1, -0.05) is 63.1 Å². The average molecular weight is 694 g/mol. The molecule has 3 aliphatic carbocycles. The summed E-state index contributed by atoms with van der Waals surface area (Å²) in [7, 11) is 0. The van der Waals surface area contributed by atoms with Crippen LogP contribution in [0.3, 0.4) is 0 Å². The highest BCUT2D eigenvalue weighted by molar-refractivity contribution is 5.95. The van der Waals surface area contributed by atoms with E-state index in [9.17, 15) is 9.18 Å². The van der Waals surface area contributed by atoms with Gasteiger partial charge in [-0.3, -0.25) is 10.2 Å². The van der Waals surface area contributed by atoms with Gasteiger partial charge < -0.3 is 19.8 Å².